The number of carboxylic acids is 1. The van der Waals surface area contributed by atoms with Crippen LogP contribution in [-0.2, 0) is 11.2 Å². The fourth-order valence-electron chi connectivity index (χ4n) is 1.16. The number of pyridine rings is 1. The summed E-state index contributed by atoms with van der Waals surface area (Å²) >= 11 is 5.74. The van der Waals surface area contributed by atoms with Crippen LogP contribution >= 0.6 is 11.6 Å². The lowest BCUT2D eigenvalue weighted by atomic mass is 10.1. The minimum atomic E-state index is -0.853. The second kappa shape index (κ2) is 4.98. The molecule has 0 spiro atoms. The predicted octanol–water partition coefficient (Wildman–Crippen LogP) is 2.01. The highest BCUT2D eigenvalue weighted by atomic mass is 35.5. The van der Waals surface area contributed by atoms with E-state index in [0.29, 0.717) is 22.9 Å². The molecule has 1 unspecified atom stereocenters. The first-order valence-corrected chi connectivity index (χ1v) is 4.83. The van der Waals surface area contributed by atoms with Gasteiger partial charge in [-0.2, -0.15) is 0 Å². The lowest BCUT2D eigenvalue weighted by Gasteiger charge is -2.09. The number of aromatic nitrogens is 1. The van der Waals surface area contributed by atoms with Gasteiger partial charge in [-0.15, -0.1) is 0 Å². The van der Waals surface area contributed by atoms with Gasteiger partial charge in [-0.1, -0.05) is 18.5 Å². The molecule has 0 saturated heterocycles. The Kier molecular flexibility index (Phi) is 3.91. The first-order valence-electron chi connectivity index (χ1n) is 4.45. The van der Waals surface area contributed by atoms with Crippen LogP contribution in [0.15, 0.2) is 12.3 Å². The number of carbonyl (C=O) groups is 1. The Morgan fingerprint density at radius 3 is 2.93 bits per heavy atom. The van der Waals surface area contributed by atoms with E-state index in [-0.39, 0.29) is 0 Å². The van der Waals surface area contributed by atoms with Gasteiger partial charge in [0.05, 0.1) is 23.7 Å². The largest absolute Gasteiger partial charge is 0.495 e. The van der Waals surface area contributed by atoms with E-state index in [1.54, 1.807) is 13.0 Å². The van der Waals surface area contributed by atoms with Crippen molar-refractivity contribution in [3.8, 4) is 5.75 Å². The third-order valence-electron chi connectivity index (χ3n) is 2.04. The molecule has 1 heterocycles. The summed E-state index contributed by atoms with van der Waals surface area (Å²) in [7, 11) is 1.50. The zero-order chi connectivity index (χ0) is 11.4. The SMILES string of the molecule is COc1cc(Cl)cnc1CC(C)C(=O)O. The highest BCUT2D eigenvalue weighted by Gasteiger charge is 2.15. The van der Waals surface area contributed by atoms with Crippen LogP contribution in [0.3, 0.4) is 0 Å². The van der Waals surface area contributed by atoms with Crippen LogP contribution < -0.4 is 4.74 Å². The topological polar surface area (TPSA) is 59.4 Å². The molecule has 0 amide bonds. The minimum absolute atomic E-state index is 0.329. The maximum absolute atomic E-state index is 10.7. The molecule has 5 heteroatoms. The quantitative estimate of drug-likeness (QED) is 0.858. The van der Waals surface area contributed by atoms with Crippen LogP contribution in [-0.4, -0.2) is 23.2 Å². The van der Waals surface area contributed by atoms with Gasteiger partial charge in [-0.3, -0.25) is 9.78 Å². The minimum Gasteiger partial charge on any atom is -0.495 e. The van der Waals surface area contributed by atoms with E-state index in [2.05, 4.69) is 4.98 Å². The Hall–Kier alpha value is -1.29. The van der Waals surface area contributed by atoms with Crippen molar-refractivity contribution in [1.82, 2.24) is 4.98 Å². The van der Waals surface area contributed by atoms with Crippen molar-refractivity contribution < 1.29 is 14.6 Å². The van der Waals surface area contributed by atoms with Gasteiger partial charge in [0.25, 0.3) is 0 Å². The van der Waals surface area contributed by atoms with Gasteiger partial charge in [-0.05, 0) is 0 Å². The van der Waals surface area contributed by atoms with Crippen LogP contribution in [0.5, 0.6) is 5.75 Å². The summed E-state index contributed by atoms with van der Waals surface area (Å²) in [5.41, 5.74) is 0.608. The number of ether oxygens (including phenoxy) is 1. The first-order chi connectivity index (χ1) is 7.04. The summed E-state index contributed by atoms with van der Waals surface area (Å²) in [6.07, 6.45) is 1.81. The number of halogens is 1. The van der Waals surface area contributed by atoms with Crippen molar-refractivity contribution in [3.05, 3.63) is 23.0 Å². The van der Waals surface area contributed by atoms with E-state index in [1.165, 1.54) is 13.3 Å². The molecule has 0 aromatic carbocycles. The van der Waals surface area contributed by atoms with Gasteiger partial charge in [-0.25, -0.2) is 0 Å². The molecule has 1 N–H and O–H groups in total. The first kappa shape index (κ1) is 11.8. The van der Waals surface area contributed by atoms with Crippen molar-refractivity contribution in [2.75, 3.05) is 7.11 Å². The van der Waals surface area contributed by atoms with Crippen molar-refractivity contribution in [2.45, 2.75) is 13.3 Å². The highest BCUT2D eigenvalue weighted by Crippen LogP contribution is 2.22. The summed E-state index contributed by atoms with van der Waals surface area (Å²) in [4.78, 5) is 14.7. The average Bonchev–Trinajstić information content (AvgIpc) is 2.20. The van der Waals surface area contributed by atoms with E-state index < -0.39 is 11.9 Å². The van der Waals surface area contributed by atoms with Crippen molar-refractivity contribution in [1.29, 1.82) is 0 Å². The van der Waals surface area contributed by atoms with E-state index in [9.17, 15) is 4.79 Å². The smallest absolute Gasteiger partial charge is 0.306 e. The predicted molar refractivity (Wildman–Crippen MR) is 56.3 cm³/mol. The second-order valence-corrected chi connectivity index (χ2v) is 3.68. The summed E-state index contributed by atoms with van der Waals surface area (Å²) < 4.78 is 5.07. The normalized spacial score (nSPS) is 12.2. The van der Waals surface area contributed by atoms with Crippen molar-refractivity contribution in [3.63, 3.8) is 0 Å². The molecule has 0 aliphatic carbocycles. The lowest BCUT2D eigenvalue weighted by Crippen LogP contribution is -2.13. The molecule has 1 atom stereocenters. The van der Waals surface area contributed by atoms with Gasteiger partial charge >= 0.3 is 5.97 Å². The third kappa shape index (κ3) is 3.09. The average molecular weight is 230 g/mol. The van der Waals surface area contributed by atoms with Crippen LogP contribution in [0.25, 0.3) is 0 Å². The monoisotopic (exact) mass is 229 g/mol. The molecular formula is C10H12ClNO3. The maximum Gasteiger partial charge on any atom is 0.306 e. The molecule has 0 radical (unpaired) electrons. The number of aliphatic carboxylic acids is 1. The molecule has 0 saturated carbocycles. The Labute approximate surface area is 92.8 Å². The lowest BCUT2D eigenvalue weighted by molar-refractivity contribution is -0.141. The Morgan fingerprint density at radius 1 is 1.73 bits per heavy atom. The molecular weight excluding hydrogens is 218 g/mol. The Bertz CT molecular complexity index is 368. The molecule has 0 aliphatic rings. The van der Waals surface area contributed by atoms with Crippen LogP contribution in [0.2, 0.25) is 5.02 Å². The number of hydrogen-bond donors (Lipinski definition) is 1. The van der Waals surface area contributed by atoms with Crippen LogP contribution in [0, 0.1) is 5.92 Å². The molecule has 0 bridgehead atoms. The number of carboxylic acid groups (broad SMARTS) is 1. The van der Waals surface area contributed by atoms with Gasteiger partial charge in [0.15, 0.2) is 0 Å². The van der Waals surface area contributed by atoms with Crippen molar-refractivity contribution in [2.24, 2.45) is 5.92 Å². The van der Waals surface area contributed by atoms with Gasteiger partial charge in [0.1, 0.15) is 5.75 Å². The number of rotatable bonds is 4. The number of methoxy groups -OCH3 is 1. The molecule has 0 fully saturated rings. The molecule has 1 rings (SSSR count). The number of nitrogens with zero attached hydrogens (tertiary/aromatic N) is 1. The summed E-state index contributed by atoms with van der Waals surface area (Å²) in [5, 5.41) is 9.24. The zero-order valence-corrected chi connectivity index (χ0v) is 9.28. The van der Waals surface area contributed by atoms with Gasteiger partial charge < -0.3 is 9.84 Å². The standard InChI is InChI=1S/C10H12ClNO3/c1-6(10(13)14)3-8-9(15-2)4-7(11)5-12-8/h4-6H,3H2,1-2H3,(H,13,14). The fraction of sp³-hybridized carbons (Fsp3) is 0.400. The van der Waals surface area contributed by atoms with E-state index in [1.807, 2.05) is 0 Å². The fourth-order valence-corrected chi connectivity index (χ4v) is 1.30. The van der Waals surface area contributed by atoms with E-state index in [0.717, 1.165) is 0 Å². The molecule has 82 valence electrons. The second-order valence-electron chi connectivity index (χ2n) is 3.25. The summed E-state index contributed by atoms with van der Waals surface area (Å²) in [6.45, 7) is 1.62. The van der Waals surface area contributed by atoms with Gasteiger partial charge in [0, 0.05) is 18.7 Å². The van der Waals surface area contributed by atoms with Gasteiger partial charge in [0.2, 0.25) is 0 Å². The molecule has 0 aliphatic heterocycles. The molecule has 15 heavy (non-hydrogen) atoms. The van der Waals surface area contributed by atoms with Crippen LogP contribution in [0.4, 0.5) is 0 Å². The summed E-state index contributed by atoms with van der Waals surface area (Å²) in [5.74, 6) is -0.822. The molecule has 4 nitrogen and oxygen atoms in total. The van der Waals surface area contributed by atoms with E-state index >= 15 is 0 Å². The Balaban J connectivity index is 2.89. The Morgan fingerprint density at radius 2 is 2.40 bits per heavy atom. The van der Waals surface area contributed by atoms with Crippen molar-refractivity contribution >= 4 is 17.6 Å². The van der Waals surface area contributed by atoms with Crippen LogP contribution in [0.1, 0.15) is 12.6 Å². The third-order valence-corrected chi connectivity index (χ3v) is 2.24. The maximum atomic E-state index is 10.7. The number of hydrogen-bond acceptors (Lipinski definition) is 3. The summed E-state index contributed by atoms with van der Waals surface area (Å²) in [6, 6.07) is 1.62. The van der Waals surface area contributed by atoms with E-state index in [4.69, 9.17) is 21.4 Å². The molecule has 1 aromatic heterocycles. The molecule has 1 aromatic rings. The highest BCUT2D eigenvalue weighted by molar-refractivity contribution is 6.30. The zero-order valence-electron chi connectivity index (χ0n) is 8.53.